The van der Waals surface area contributed by atoms with E-state index in [1.54, 1.807) is 0 Å². The third-order valence-electron chi connectivity index (χ3n) is 5.44. The van der Waals surface area contributed by atoms with Crippen LogP contribution in [0.3, 0.4) is 0 Å². The smallest absolute Gasteiger partial charge is 0.406 e. The maximum absolute atomic E-state index is 13.0. The molecule has 2 fully saturated rings. The van der Waals surface area contributed by atoms with E-state index in [4.69, 9.17) is 0 Å². The number of ether oxygens (including phenoxy) is 1. The zero-order valence-electron chi connectivity index (χ0n) is 16.4. The molecule has 6 nitrogen and oxygen atoms in total. The molecule has 2 heterocycles. The number of alkyl halides is 3. The van der Waals surface area contributed by atoms with Gasteiger partial charge in [0, 0.05) is 25.3 Å². The Labute approximate surface area is 168 Å². The Morgan fingerprint density at radius 2 is 1.83 bits per heavy atom. The molecular weight excluding hydrogens is 409 g/mol. The van der Waals surface area contributed by atoms with Crippen LogP contribution in [0.4, 0.5) is 18.9 Å². The molecule has 3 rings (SSSR count). The monoisotopic (exact) mass is 434 g/mol. The lowest BCUT2D eigenvalue weighted by Crippen LogP contribution is -2.45. The molecule has 1 aromatic carbocycles. The van der Waals surface area contributed by atoms with Crippen molar-refractivity contribution in [3.8, 4) is 5.75 Å². The van der Waals surface area contributed by atoms with E-state index in [-0.39, 0.29) is 35.8 Å². The van der Waals surface area contributed by atoms with Crippen molar-refractivity contribution in [2.24, 2.45) is 17.8 Å². The largest absolute Gasteiger partial charge is 0.573 e. The minimum Gasteiger partial charge on any atom is -0.406 e. The fourth-order valence-electron chi connectivity index (χ4n) is 3.83. The SMILES string of the molecule is CC(C)CCS(=O)(=O)N1CC2CCN(c3ccc(OC(F)(F)F)cc3)C(=O)[C@@H]2C1. The number of hydrogen-bond donors (Lipinski definition) is 0. The molecule has 0 aromatic heterocycles. The molecule has 0 bridgehead atoms. The van der Waals surface area contributed by atoms with E-state index in [0.29, 0.717) is 31.6 Å². The van der Waals surface area contributed by atoms with Gasteiger partial charge in [0.2, 0.25) is 15.9 Å². The Balaban J connectivity index is 1.68. The van der Waals surface area contributed by atoms with E-state index >= 15 is 0 Å². The summed E-state index contributed by atoms with van der Waals surface area (Å²) in [4.78, 5) is 14.5. The second-order valence-electron chi connectivity index (χ2n) is 8.00. The van der Waals surface area contributed by atoms with Crippen molar-refractivity contribution in [1.29, 1.82) is 0 Å². The lowest BCUT2D eigenvalue weighted by atomic mass is 9.87. The Morgan fingerprint density at radius 1 is 1.17 bits per heavy atom. The van der Waals surface area contributed by atoms with Crippen molar-refractivity contribution >= 4 is 21.6 Å². The highest BCUT2D eigenvalue weighted by atomic mass is 32.2. The first kappa shape index (κ1) is 21.9. The third-order valence-corrected chi connectivity index (χ3v) is 7.28. The molecule has 1 amide bonds. The molecular formula is C19H25F3N2O4S. The third kappa shape index (κ3) is 5.22. The number of sulfonamides is 1. The van der Waals surface area contributed by atoms with Gasteiger partial charge in [0.15, 0.2) is 0 Å². The van der Waals surface area contributed by atoms with Gasteiger partial charge in [-0.3, -0.25) is 4.79 Å². The average molecular weight is 434 g/mol. The maximum atomic E-state index is 13.0. The fraction of sp³-hybridized carbons (Fsp3) is 0.632. The standard InChI is InChI=1S/C19H25F3N2O4S/c1-13(2)8-10-29(26,27)23-11-14-7-9-24(18(25)17(14)12-23)15-3-5-16(6-4-15)28-19(20,21)22/h3-6,13-14,17H,7-12H2,1-2H3/t14?,17-/m1/s1. The summed E-state index contributed by atoms with van der Waals surface area (Å²) in [7, 11) is -3.40. The average Bonchev–Trinajstić information content (AvgIpc) is 3.06. The number of benzene rings is 1. The van der Waals surface area contributed by atoms with E-state index in [2.05, 4.69) is 4.74 Å². The predicted molar refractivity (Wildman–Crippen MR) is 102 cm³/mol. The first-order valence-electron chi connectivity index (χ1n) is 9.61. The van der Waals surface area contributed by atoms with Crippen LogP contribution in [0.5, 0.6) is 5.75 Å². The number of hydrogen-bond acceptors (Lipinski definition) is 4. The molecule has 0 radical (unpaired) electrons. The van der Waals surface area contributed by atoms with Gasteiger partial charge in [-0.05, 0) is 48.9 Å². The first-order valence-corrected chi connectivity index (χ1v) is 11.2. The highest BCUT2D eigenvalue weighted by Crippen LogP contribution is 2.36. The Hall–Kier alpha value is -1.81. The van der Waals surface area contributed by atoms with Gasteiger partial charge in [0.05, 0.1) is 11.7 Å². The number of halogens is 3. The maximum Gasteiger partial charge on any atom is 0.573 e. The number of carbonyl (C=O) groups is 1. The molecule has 2 aliphatic rings. The number of piperidine rings is 1. The molecule has 0 spiro atoms. The topological polar surface area (TPSA) is 66.9 Å². The van der Waals surface area contributed by atoms with E-state index in [1.807, 2.05) is 13.8 Å². The normalized spacial score (nSPS) is 23.5. The summed E-state index contributed by atoms with van der Waals surface area (Å²) in [6.45, 7) is 4.84. The summed E-state index contributed by atoms with van der Waals surface area (Å²) in [6, 6.07) is 5.15. The van der Waals surface area contributed by atoms with E-state index in [9.17, 15) is 26.4 Å². The van der Waals surface area contributed by atoms with E-state index in [0.717, 1.165) is 0 Å². The summed E-state index contributed by atoms with van der Waals surface area (Å²) in [5, 5.41) is 0. The lowest BCUT2D eigenvalue weighted by Gasteiger charge is -2.33. The summed E-state index contributed by atoms with van der Waals surface area (Å²) in [6.07, 6.45) is -3.56. The predicted octanol–water partition coefficient (Wildman–Crippen LogP) is 3.25. The summed E-state index contributed by atoms with van der Waals surface area (Å²) < 4.78 is 67.3. The van der Waals surface area contributed by atoms with Crippen molar-refractivity contribution < 1.29 is 31.1 Å². The Morgan fingerprint density at radius 3 is 2.41 bits per heavy atom. The zero-order valence-corrected chi connectivity index (χ0v) is 17.2. The molecule has 0 N–H and O–H groups in total. The molecule has 29 heavy (non-hydrogen) atoms. The molecule has 2 aliphatic heterocycles. The van der Waals surface area contributed by atoms with Crippen LogP contribution in [0.2, 0.25) is 0 Å². The van der Waals surface area contributed by atoms with Crippen LogP contribution in [-0.2, 0) is 14.8 Å². The second kappa shape index (κ2) is 8.14. The number of amides is 1. The molecule has 1 aromatic rings. The van der Waals surface area contributed by atoms with Crippen molar-refractivity contribution in [3.05, 3.63) is 24.3 Å². The van der Waals surface area contributed by atoms with Crippen molar-refractivity contribution in [1.82, 2.24) is 4.31 Å². The second-order valence-corrected chi connectivity index (χ2v) is 10.1. The van der Waals surface area contributed by atoms with Crippen LogP contribution in [0.15, 0.2) is 24.3 Å². The number of fused-ring (bicyclic) bond motifs is 1. The van der Waals surface area contributed by atoms with Crippen LogP contribution in [0.1, 0.15) is 26.7 Å². The zero-order chi connectivity index (χ0) is 21.4. The van der Waals surface area contributed by atoms with Gasteiger partial charge in [-0.25, -0.2) is 12.7 Å². The molecule has 0 aliphatic carbocycles. The van der Waals surface area contributed by atoms with Gasteiger partial charge in [-0.15, -0.1) is 13.2 Å². The summed E-state index contributed by atoms with van der Waals surface area (Å²) in [5.74, 6) is -0.651. The van der Waals surface area contributed by atoms with Gasteiger partial charge in [-0.1, -0.05) is 13.8 Å². The van der Waals surface area contributed by atoms with Gasteiger partial charge in [-0.2, -0.15) is 0 Å². The van der Waals surface area contributed by atoms with E-state index in [1.165, 1.54) is 33.5 Å². The molecule has 2 saturated heterocycles. The van der Waals surface area contributed by atoms with Crippen molar-refractivity contribution in [2.45, 2.75) is 33.1 Å². The fourth-order valence-corrected chi connectivity index (χ4v) is 5.67. The Kier molecular flexibility index (Phi) is 6.14. The number of nitrogens with zero attached hydrogens (tertiary/aromatic N) is 2. The lowest BCUT2D eigenvalue weighted by molar-refractivity contribution is -0.274. The highest BCUT2D eigenvalue weighted by molar-refractivity contribution is 7.89. The first-order chi connectivity index (χ1) is 13.5. The Bertz CT molecular complexity index is 840. The van der Waals surface area contributed by atoms with Crippen molar-refractivity contribution in [2.75, 3.05) is 30.3 Å². The summed E-state index contributed by atoms with van der Waals surface area (Å²) >= 11 is 0. The van der Waals surface area contributed by atoms with Gasteiger partial charge in [0.1, 0.15) is 5.75 Å². The van der Waals surface area contributed by atoms with Crippen LogP contribution < -0.4 is 9.64 Å². The van der Waals surface area contributed by atoms with Gasteiger partial charge >= 0.3 is 6.36 Å². The van der Waals surface area contributed by atoms with Crippen LogP contribution in [0, 0.1) is 17.8 Å². The molecule has 1 unspecified atom stereocenters. The number of anilines is 1. The molecule has 0 saturated carbocycles. The molecule has 162 valence electrons. The number of rotatable bonds is 6. The van der Waals surface area contributed by atoms with Gasteiger partial charge in [0.25, 0.3) is 0 Å². The molecule has 10 heteroatoms. The van der Waals surface area contributed by atoms with Crippen LogP contribution >= 0.6 is 0 Å². The van der Waals surface area contributed by atoms with Crippen LogP contribution in [-0.4, -0.2) is 50.4 Å². The minimum absolute atomic E-state index is 0.0274. The van der Waals surface area contributed by atoms with Crippen molar-refractivity contribution in [3.63, 3.8) is 0 Å². The molecule has 2 atom stereocenters. The minimum atomic E-state index is -4.77. The number of carbonyl (C=O) groups excluding carboxylic acids is 1. The summed E-state index contributed by atoms with van der Waals surface area (Å²) in [5.41, 5.74) is 0.476. The quantitative estimate of drug-likeness (QED) is 0.690. The van der Waals surface area contributed by atoms with Crippen LogP contribution in [0.25, 0.3) is 0 Å². The van der Waals surface area contributed by atoms with E-state index < -0.39 is 22.3 Å². The van der Waals surface area contributed by atoms with Gasteiger partial charge < -0.3 is 9.64 Å². The highest BCUT2D eigenvalue weighted by Gasteiger charge is 2.46.